The van der Waals surface area contributed by atoms with Gasteiger partial charge in [-0.3, -0.25) is 4.79 Å². The average Bonchev–Trinajstić information content (AvgIpc) is 3.14. The molecule has 0 aliphatic carbocycles. The number of amides is 1. The molecule has 0 fully saturated rings. The number of benzene rings is 2. The van der Waals surface area contributed by atoms with E-state index in [-0.39, 0.29) is 11.7 Å². The van der Waals surface area contributed by atoms with Gasteiger partial charge in [0.25, 0.3) is 0 Å². The Labute approximate surface area is 150 Å². The molecule has 6 heteroatoms. The first-order valence-electron chi connectivity index (χ1n) is 8.24. The molecule has 0 radical (unpaired) electrons. The molecular formula is C20H19FN2O3. The van der Waals surface area contributed by atoms with Crippen LogP contribution < -0.4 is 10.1 Å². The highest BCUT2D eigenvalue weighted by molar-refractivity contribution is 5.76. The van der Waals surface area contributed by atoms with E-state index >= 15 is 0 Å². The summed E-state index contributed by atoms with van der Waals surface area (Å²) in [4.78, 5) is 12.1. The number of aromatic nitrogens is 1. The number of nitrogens with zero attached hydrogens (tertiary/aromatic N) is 1. The van der Waals surface area contributed by atoms with Gasteiger partial charge in [-0.1, -0.05) is 29.4 Å². The Morgan fingerprint density at radius 1 is 1.23 bits per heavy atom. The van der Waals surface area contributed by atoms with Gasteiger partial charge in [-0.15, -0.1) is 0 Å². The number of methoxy groups -OCH3 is 1. The van der Waals surface area contributed by atoms with Crippen LogP contribution in [0.15, 0.2) is 59.3 Å². The monoisotopic (exact) mass is 354 g/mol. The van der Waals surface area contributed by atoms with Gasteiger partial charge < -0.3 is 14.6 Å². The number of halogens is 1. The molecule has 3 rings (SSSR count). The van der Waals surface area contributed by atoms with Crippen LogP contribution in [-0.2, 0) is 17.8 Å². The van der Waals surface area contributed by atoms with Gasteiger partial charge in [0.05, 0.1) is 7.11 Å². The Morgan fingerprint density at radius 2 is 2.04 bits per heavy atom. The second-order valence-corrected chi connectivity index (χ2v) is 5.82. The van der Waals surface area contributed by atoms with Crippen molar-refractivity contribution >= 4 is 5.91 Å². The predicted molar refractivity (Wildman–Crippen MR) is 95.1 cm³/mol. The molecule has 5 nitrogen and oxygen atoms in total. The second kappa shape index (κ2) is 8.29. The fraction of sp³-hybridized carbons (Fsp3) is 0.200. The lowest BCUT2D eigenvalue weighted by Gasteiger charge is -2.06. The molecule has 26 heavy (non-hydrogen) atoms. The fourth-order valence-corrected chi connectivity index (χ4v) is 2.59. The van der Waals surface area contributed by atoms with Crippen molar-refractivity contribution in [3.8, 4) is 17.0 Å². The minimum Gasteiger partial charge on any atom is -0.497 e. The Kier molecular flexibility index (Phi) is 5.63. The van der Waals surface area contributed by atoms with E-state index in [9.17, 15) is 9.18 Å². The van der Waals surface area contributed by atoms with Crippen LogP contribution in [0.1, 0.15) is 17.5 Å². The molecule has 1 heterocycles. The summed E-state index contributed by atoms with van der Waals surface area (Å²) in [5, 5.41) is 6.81. The van der Waals surface area contributed by atoms with Crippen LogP contribution in [0.2, 0.25) is 0 Å². The van der Waals surface area contributed by atoms with Gasteiger partial charge in [0.2, 0.25) is 5.91 Å². The van der Waals surface area contributed by atoms with Crippen LogP contribution in [0.4, 0.5) is 4.39 Å². The van der Waals surface area contributed by atoms with Gasteiger partial charge in [0, 0.05) is 24.1 Å². The van der Waals surface area contributed by atoms with Crippen molar-refractivity contribution in [1.82, 2.24) is 10.5 Å². The smallest absolute Gasteiger partial charge is 0.220 e. The number of carbonyl (C=O) groups excluding carboxylic acids is 1. The van der Waals surface area contributed by atoms with Crippen LogP contribution in [0.25, 0.3) is 11.3 Å². The number of hydrogen-bond acceptors (Lipinski definition) is 4. The summed E-state index contributed by atoms with van der Waals surface area (Å²) in [7, 11) is 1.61. The van der Waals surface area contributed by atoms with Gasteiger partial charge in [-0.05, 0) is 36.2 Å². The first-order valence-corrected chi connectivity index (χ1v) is 8.24. The number of aryl methyl sites for hydroxylation is 1. The fourth-order valence-electron chi connectivity index (χ4n) is 2.59. The molecule has 3 aromatic rings. The molecule has 134 valence electrons. The van der Waals surface area contributed by atoms with E-state index in [1.807, 2.05) is 24.3 Å². The highest BCUT2D eigenvalue weighted by Crippen LogP contribution is 2.23. The van der Waals surface area contributed by atoms with Crippen molar-refractivity contribution < 1.29 is 18.4 Å². The minimum absolute atomic E-state index is 0.0767. The van der Waals surface area contributed by atoms with Gasteiger partial charge in [-0.25, -0.2) is 4.39 Å². The van der Waals surface area contributed by atoms with Gasteiger partial charge in [-0.2, -0.15) is 0 Å². The Balaban J connectivity index is 1.54. The lowest BCUT2D eigenvalue weighted by molar-refractivity contribution is -0.121. The number of ether oxygens (including phenoxy) is 1. The number of nitrogens with one attached hydrogen (secondary N) is 1. The lowest BCUT2D eigenvalue weighted by Crippen LogP contribution is -2.22. The summed E-state index contributed by atoms with van der Waals surface area (Å²) in [6.45, 7) is 0.448. The quantitative estimate of drug-likeness (QED) is 0.702. The van der Waals surface area contributed by atoms with Crippen molar-refractivity contribution in [3.63, 3.8) is 0 Å². The number of rotatable bonds is 7. The summed E-state index contributed by atoms with van der Waals surface area (Å²) in [5.41, 5.74) is 2.96. The van der Waals surface area contributed by atoms with Gasteiger partial charge >= 0.3 is 0 Å². The molecule has 1 N–H and O–H groups in total. The standard InChI is InChI=1S/C20H19FN2O3/c1-25-18-8-5-14(6-9-18)12-22-19(24)10-7-16-13-26-23-20(16)15-3-2-4-17(21)11-15/h2-6,8-9,11,13H,7,10,12H2,1H3,(H,22,24). The van der Waals surface area contributed by atoms with E-state index in [4.69, 9.17) is 9.26 Å². The first kappa shape index (κ1) is 17.7. The largest absolute Gasteiger partial charge is 0.497 e. The molecular weight excluding hydrogens is 335 g/mol. The first-order chi connectivity index (χ1) is 12.7. The molecule has 0 aliphatic heterocycles. The van der Waals surface area contributed by atoms with E-state index < -0.39 is 0 Å². The molecule has 1 aromatic heterocycles. The minimum atomic E-state index is -0.339. The highest BCUT2D eigenvalue weighted by atomic mass is 19.1. The summed E-state index contributed by atoms with van der Waals surface area (Å²) < 4.78 is 23.5. The topological polar surface area (TPSA) is 64.4 Å². The zero-order chi connectivity index (χ0) is 18.4. The van der Waals surface area contributed by atoms with Crippen LogP contribution in [0.5, 0.6) is 5.75 Å². The van der Waals surface area contributed by atoms with Gasteiger partial charge in [0.1, 0.15) is 23.5 Å². The summed E-state index contributed by atoms with van der Waals surface area (Å²) in [6.07, 6.45) is 2.25. The maximum Gasteiger partial charge on any atom is 0.220 e. The molecule has 0 saturated heterocycles. The lowest BCUT2D eigenvalue weighted by atomic mass is 10.0. The molecule has 0 aliphatic rings. The van der Waals surface area contributed by atoms with Crippen LogP contribution in [0, 0.1) is 5.82 Å². The third-order valence-corrected chi connectivity index (χ3v) is 4.01. The van der Waals surface area contributed by atoms with E-state index in [1.54, 1.807) is 19.2 Å². The Bertz CT molecular complexity index is 875. The van der Waals surface area contributed by atoms with Crippen LogP contribution in [-0.4, -0.2) is 18.2 Å². The second-order valence-electron chi connectivity index (χ2n) is 5.82. The van der Waals surface area contributed by atoms with E-state index in [2.05, 4.69) is 10.5 Å². The van der Waals surface area contributed by atoms with Crippen LogP contribution >= 0.6 is 0 Å². The zero-order valence-corrected chi connectivity index (χ0v) is 14.4. The van der Waals surface area contributed by atoms with E-state index in [0.717, 1.165) is 16.9 Å². The average molecular weight is 354 g/mol. The van der Waals surface area contributed by atoms with Crippen molar-refractivity contribution in [3.05, 3.63) is 71.7 Å². The van der Waals surface area contributed by atoms with Crippen LogP contribution in [0.3, 0.4) is 0 Å². The molecule has 0 spiro atoms. The molecule has 0 atom stereocenters. The molecule has 2 aromatic carbocycles. The predicted octanol–water partition coefficient (Wildman–Crippen LogP) is 3.74. The third-order valence-electron chi connectivity index (χ3n) is 4.01. The highest BCUT2D eigenvalue weighted by Gasteiger charge is 2.12. The van der Waals surface area contributed by atoms with Crippen molar-refractivity contribution in [2.45, 2.75) is 19.4 Å². The molecule has 0 unspecified atom stereocenters. The van der Waals surface area contributed by atoms with Crippen molar-refractivity contribution in [1.29, 1.82) is 0 Å². The SMILES string of the molecule is COc1ccc(CNC(=O)CCc2conc2-c2cccc(F)c2)cc1. The Hall–Kier alpha value is -3.15. The van der Waals surface area contributed by atoms with Crippen molar-refractivity contribution in [2.75, 3.05) is 7.11 Å². The Morgan fingerprint density at radius 3 is 2.77 bits per heavy atom. The van der Waals surface area contributed by atoms with Crippen molar-refractivity contribution in [2.24, 2.45) is 0 Å². The molecule has 0 bridgehead atoms. The molecule has 0 saturated carbocycles. The third kappa shape index (κ3) is 4.47. The number of hydrogen-bond donors (Lipinski definition) is 1. The van der Waals surface area contributed by atoms with Gasteiger partial charge in [0.15, 0.2) is 0 Å². The number of carbonyl (C=O) groups is 1. The maximum absolute atomic E-state index is 13.4. The summed E-state index contributed by atoms with van der Waals surface area (Å²) in [6, 6.07) is 13.6. The normalized spacial score (nSPS) is 10.5. The van der Waals surface area contributed by atoms with E-state index in [1.165, 1.54) is 18.4 Å². The summed E-state index contributed by atoms with van der Waals surface area (Å²) in [5.74, 6) is 0.360. The molecule has 1 amide bonds. The summed E-state index contributed by atoms with van der Waals surface area (Å²) >= 11 is 0. The van der Waals surface area contributed by atoms with E-state index in [0.29, 0.717) is 30.6 Å². The zero-order valence-electron chi connectivity index (χ0n) is 14.4. The maximum atomic E-state index is 13.4.